The van der Waals surface area contributed by atoms with Gasteiger partial charge in [-0.3, -0.25) is 4.79 Å². The highest BCUT2D eigenvalue weighted by atomic mass is 35.5. The van der Waals surface area contributed by atoms with Gasteiger partial charge in [0.1, 0.15) is 6.04 Å². The number of carboxylic acid groups (broad SMARTS) is 1. The number of nitrogens with one attached hydrogen (secondary N) is 1. The number of halogens is 2. The van der Waals surface area contributed by atoms with E-state index in [0.717, 1.165) is 16.8 Å². The number of amides is 1. The van der Waals surface area contributed by atoms with E-state index < -0.39 is 24.0 Å². The maximum absolute atomic E-state index is 12.4. The lowest BCUT2D eigenvalue weighted by molar-refractivity contribution is -0.141. The van der Waals surface area contributed by atoms with E-state index in [4.69, 9.17) is 28.9 Å². The second-order valence-electron chi connectivity index (χ2n) is 6.93. The van der Waals surface area contributed by atoms with Crippen molar-refractivity contribution < 1.29 is 14.7 Å². The van der Waals surface area contributed by atoms with Crippen molar-refractivity contribution in [1.82, 2.24) is 5.32 Å². The molecule has 8 heteroatoms. The molecule has 0 saturated heterocycles. The molecule has 0 aliphatic rings. The minimum atomic E-state index is -1.11. The van der Waals surface area contributed by atoms with Gasteiger partial charge in [-0.25, -0.2) is 4.79 Å². The summed E-state index contributed by atoms with van der Waals surface area (Å²) in [6.45, 7) is 1.33. The summed E-state index contributed by atoms with van der Waals surface area (Å²) in [6, 6.07) is 15.0. The number of carbonyl (C=O) groups is 2. The van der Waals surface area contributed by atoms with Gasteiger partial charge in [-0.1, -0.05) is 42.5 Å². The van der Waals surface area contributed by atoms with Gasteiger partial charge in [-0.15, -0.1) is 23.2 Å². The average molecular weight is 452 g/mol. The van der Waals surface area contributed by atoms with E-state index >= 15 is 0 Å². The van der Waals surface area contributed by atoms with Gasteiger partial charge in [-0.05, 0) is 29.7 Å². The van der Waals surface area contributed by atoms with Crippen LogP contribution in [0.3, 0.4) is 0 Å². The number of hydrogen-bond acceptors (Lipinski definition) is 4. The molecule has 2 rings (SSSR count). The first-order chi connectivity index (χ1) is 14.4. The molecule has 0 unspecified atom stereocenters. The highest BCUT2D eigenvalue weighted by molar-refractivity contribution is 6.18. The Hall–Kier alpha value is -2.28. The summed E-state index contributed by atoms with van der Waals surface area (Å²) in [5, 5.41) is 12.1. The molecular weight excluding hydrogens is 425 g/mol. The number of benzene rings is 2. The SMILES string of the molecule is N[C@@H](Cc1ccccc1)C(=O)N[C@@H](Cc1ccc(N(CCCl)CCCl)cc1)C(=O)O. The van der Waals surface area contributed by atoms with Gasteiger partial charge in [0.25, 0.3) is 0 Å². The fraction of sp³-hybridized carbons (Fsp3) is 0.364. The lowest BCUT2D eigenvalue weighted by Gasteiger charge is -2.23. The van der Waals surface area contributed by atoms with Gasteiger partial charge in [0.05, 0.1) is 6.04 Å². The number of anilines is 1. The predicted molar refractivity (Wildman–Crippen MR) is 121 cm³/mol. The van der Waals surface area contributed by atoms with E-state index in [9.17, 15) is 14.7 Å². The van der Waals surface area contributed by atoms with E-state index in [1.165, 1.54) is 0 Å². The molecule has 2 atom stereocenters. The Balaban J connectivity index is 1.99. The van der Waals surface area contributed by atoms with Crippen LogP contribution < -0.4 is 16.0 Å². The van der Waals surface area contributed by atoms with Crippen molar-refractivity contribution in [1.29, 1.82) is 0 Å². The lowest BCUT2D eigenvalue weighted by Crippen LogP contribution is -2.50. The quantitative estimate of drug-likeness (QED) is 0.431. The first-order valence-corrected chi connectivity index (χ1v) is 10.8. The number of aliphatic carboxylic acids is 1. The molecule has 0 fully saturated rings. The van der Waals surface area contributed by atoms with Gasteiger partial charge in [0, 0.05) is 37.0 Å². The van der Waals surface area contributed by atoms with E-state index in [0.29, 0.717) is 31.3 Å². The fourth-order valence-electron chi connectivity index (χ4n) is 3.09. The molecule has 0 aromatic heterocycles. The highest BCUT2D eigenvalue weighted by Crippen LogP contribution is 2.17. The maximum atomic E-state index is 12.4. The maximum Gasteiger partial charge on any atom is 0.326 e. The van der Waals surface area contributed by atoms with Crippen molar-refractivity contribution in [2.24, 2.45) is 5.73 Å². The molecule has 2 aromatic carbocycles. The minimum absolute atomic E-state index is 0.157. The molecule has 6 nitrogen and oxygen atoms in total. The molecule has 2 aromatic rings. The highest BCUT2D eigenvalue weighted by Gasteiger charge is 2.24. The zero-order chi connectivity index (χ0) is 21.9. The summed E-state index contributed by atoms with van der Waals surface area (Å²) in [4.78, 5) is 26.1. The number of rotatable bonds is 12. The molecule has 30 heavy (non-hydrogen) atoms. The monoisotopic (exact) mass is 451 g/mol. The fourth-order valence-corrected chi connectivity index (χ4v) is 3.50. The Bertz CT molecular complexity index is 797. The number of nitrogens with two attached hydrogens (primary N) is 1. The van der Waals surface area contributed by atoms with E-state index in [1.54, 1.807) is 0 Å². The van der Waals surface area contributed by atoms with Crippen molar-refractivity contribution in [2.75, 3.05) is 29.7 Å². The van der Waals surface area contributed by atoms with Crippen LogP contribution in [-0.2, 0) is 22.4 Å². The Labute approximate surface area is 187 Å². The van der Waals surface area contributed by atoms with Crippen LogP contribution >= 0.6 is 23.2 Å². The number of alkyl halides is 2. The number of hydrogen-bond donors (Lipinski definition) is 3. The average Bonchev–Trinajstić information content (AvgIpc) is 2.74. The Morgan fingerprint density at radius 3 is 2.03 bits per heavy atom. The summed E-state index contributed by atoms with van der Waals surface area (Å²) in [5.74, 6) is -0.632. The third kappa shape index (κ3) is 7.52. The number of carbonyl (C=O) groups excluding carboxylic acids is 1. The molecule has 1 amide bonds. The van der Waals surface area contributed by atoms with E-state index in [2.05, 4.69) is 10.2 Å². The molecule has 0 radical (unpaired) electrons. The Kier molecular flexibility index (Phi) is 9.94. The van der Waals surface area contributed by atoms with E-state index in [1.807, 2.05) is 54.6 Å². The smallest absolute Gasteiger partial charge is 0.326 e. The first kappa shape index (κ1) is 24.0. The molecule has 0 saturated carbocycles. The Morgan fingerprint density at radius 2 is 1.50 bits per heavy atom. The summed E-state index contributed by atoms with van der Waals surface area (Å²) < 4.78 is 0. The van der Waals surface area contributed by atoms with Crippen molar-refractivity contribution in [2.45, 2.75) is 24.9 Å². The van der Waals surface area contributed by atoms with Gasteiger partial charge < -0.3 is 21.1 Å². The number of nitrogens with zero attached hydrogens (tertiary/aromatic N) is 1. The van der Waals surface area contributed by atoms with Gasteiger partial charge >= 0.3 is 5.97 Å². The Morgan fingerprint density at radius 1 is 0.933 bits per heavy atom. The standard InChI is InChI=1S/C22H27Cl2N3O3/c23-10-12-27(13-11-24)18-8-6-17(7-9-18)15-20(22(29)30)26-21(28)19(25)14-16-4-2-1-3-5-16/h1-9,19-20H,10-15,25H2,(H,26,28)(H,29,30)/t19-,20-/m0/s1. The molecule has 0 bridgehead atoms. The second-order valence-corrected chi connectivity index (χ2v) is 7.69. The molecule has 0 aliphatic heterocycles. The molecule has 0 heterocycles. The van der Waals surface area contributed by atoms with Crippen LogP contribution in [0.2, 0.25) is 0 Å². The predicted octanol–water partition coefficient (Wildman–Crippen LogP) is 2.65. The normalized spacial score (nSPS) is 12.8. The van der Waals surface area contributed by atoms with Crippen LogP contribution in [0.5, 0.6) is 0 Å². The first-order valence-electron chi connectivity index (χ1n) is 9.73. The summed E-state index contributed by atoms with van der Waals surface area (Å²) in [5.41, 5.74) is 8.64. The van der Waals surface area contributed by atoms with E-state index in [-0.39, 0.29) is 6.42 Å². The molecular formula is C22H27Cl2N3O3. The van der Waals surface area contributed by atoms with Crippen molar-refractivity contribution in [3.05, 3.63) is 65.7 Å². The number of carboxylic acids is 1. The minimum Gasteiger partial charge on any atom is -0.480 e. The van der Waals surface area contributed by atoms with Crippen molar-refractivity contribution >= 4 is 40.8 Å². The molecule has 4 N–H and O–H groups in total. The van der Waals surface area contributed by atoms with Crippen LogP contribution in [0.25, 0.3) is 0 Å². The van der Waals surface area contributed by atoms with Gasteiger partial charge in [0.2, 0.25) is 5.91 Å². The zero-order valence-electron chi connectivity index (χ0n) is 16.6. The lowest BCUT2D eigenvalue weighted by atomic mass is 10.0. The summed E-state index contributed by atoms with van der Waals surface area (Å²) >= 11 is 11.7. The van der Waals surface area contributed by atoms with Gasteiger partial charge in [0.15, 0.2) is 0 Å². The molecule has 162 valence electrons. The summed E-state index contributed by atoms with van der Waals surface area (Å²) in [6.07, 6.45) is 0.495. The van der Waals surface area contributed by atoms with Crippen molar-refractivity contribution in [3.63, 3.8) is 0 Å². The summed E-state index contributed by atoms with van der Waals surface area (Å²) in [7, 11) is 0. The zero-order valence-corrected chi connectivity index (χ0v) is 18.1. The second kappa shape index (κ2) is 12.4. The topological polar surface area (TPSA) is 95.7 Å². The molecule has 0 aliphatic carbocycles. The van der Waals surface area contributed by atoms with Crippen LogP contribution in [-0.4, -0.2) is 53.9 Å². The third-order valence-electron chi connectivity index (χ3n) is 4.70. The van der Waals surface area contributed by atoms with Crippen LogP contribution in [0.1, 0.15) is 11.1 Å². The van der Waals surface area contributed by atoms with Crippen LogP contribution in [0.15, 0.2) is 54.6 Å². The third-order valence-corrected chi connectivity index (χ3v) is 5.04. The van der Waals surface area contributed by atoms with Crippen molar-refractivity contribution in [3.8, 4) is 0 Å². The molecule has 0 spiro atoms. The van der Waals surface area contributed by atoms with Gasteiger partial charge in [-0.2, -0.15) is 0 Å². The van der Waals surface area contributed by atoms with Crippen LogP contribution in [0, 0.1) is 0 Å². The van der Waals surface area contributed by atoms with Crippen LogP contribution in [0.4, 0.5) is 5.69 Å². The largest absolute Gasteiger partial charge is 0.480 e.